The molecule has 6 heteroatoms. The Morgan fingerprint density at radius 1 is 0.733 bits per heavy atom. The standard InChI is InChI=1S/C16H18O2.2C4H6O2/c1-9-10(2)12(4)16(18)15(11(9)3)13-7-5-6-8-14(13)17;2*1-3(2)4(5)6/h5-8,17-18H,1-4H3;2*1H2,2H3,(H,5,6). The molecule has 0 amide bonds. The quantitative estimate of drug-likeness (QED) is 0.507. The number of hydrogen-bond donors (Lipinski definition) is 4. The van der Waals surface area contributed by atoms with Gasteiger partial charge in [-0.15, -0.1) is 0 Å². The first-order valence-corrected chi connectivity index (χ1v) is 9.09. The fraction of sp³-hybridized carbons (Fsp3) is 0.250. The summed E-state index contributed by atoms with van der Waals surface area (Å²) in [6, 6.07) is 7.10. The second kappa shape index (κ2) is 11.5. The number of carboxylic acid groups (broad SMARTS) is 2. The molecule has 0 aliphatic rings. The highest BCUT2D eigenvalue weighted by Gasteiger charge is 2.17. The highest BCUT2D eigenvalue weighted by Crippen LogP contribution is 2.42. The first kappa shape index (κ1) is 26.5. The lowest BCUT2D eigenvalue weighted by Crippen LogP contribution is -1.96. The van der Waals surface area contributed by atoms with Crippen molar-refractivity contribution in [2.45, 2.75) is 41.5 Å². The molecule has 0 atom stereocenters. The summed E-state index contributed by atoms with van der Waals surface area (Å²) in [5.41, 5.74) is 5.90. The molecule has 6 nitrogen and oxygen atoms in total. The van der Waals surface area contributed by atoms with Crippen LogP contribution < -0.4 is 0 Å². The van der Waals surface area contributed by atoms with E-state index in [0.29, 0.717) is 5.56 Å². The predicted molar refractivity (Wildman–Crippen MR) is 119 cm³/mol. The van der Waals surface area contributed by atoms with Gasteiger partial charge in [0, 0.05) is 22.3 Å². The molecule has 0 bridgehead atoms. The van der Waals surface area contributed by atoms with E-state index in [1.807, 2.05) is 39.8 Å². The van der Waals surface area contributed by atoms with Crippen molar-refractivity contribution in [3.8, 4) is 22.6 Å². The van der Waals surface area contributed by atoms with Crippen LogP contribution in [0.3, 0.4) is 0 Å². The van der Waals surface area contributed by atoms with Crippen LogP contribution in [0.25, 0.3) is 11.1 Å². The number of carbonyl (C=O) groups is 2. The Morgan fingerprint density at radius 3 is 1.47 bits per heavy atom. The van der Waals surface area contributed by atoms with E-state index in [4.69, 9.17) is 10.2 Å². The molecule has 4 N–H and O–H groups in total. The van der Waals surface area contributed by atoms with Gasteiger partial charge in [-0.25, -0.2) is 9.59 Å². The molecule has 0 aromatic heterocycles. The molecule has 2 aromatic carbocycles. The molecule has 0 aliphatic heterocycles. The Bertz CT molecular complexity index is 893. The molecule has 30 heavy (non-hydrogen) atoms. The number of benzene rings is 2. The highest BCUT2D eigenvalue weighted by atomic mass is 16.4. The number of hydrogen-bond acceptors (Lipinski definition) is 4. The maximum atomic E-state index is 10.4. The zero-order valence-electron chi connectivity index (χ0n) is 18.3. The monoisotopic (exact) mass is 414 g/mol. The van der Waals surface area contributed by atoms with Crippen LogP contribution in [0.5, 0.6) is 11.5 Å². The normalized spacial score (nSPS) is 9.40. The van der Waals surface area contributed by atoms with E-state index < -0.39 is 11.9 Å². The SMILES string of the molecule is C=C(C)C(=O)O.C=C(C)C(=O)O.Cc1c(C)c(C)c(-c2ccccc2O)c(O)c1C. The summed E-state index contributed by atoms with van der Waals surface area (Å²) in [6.07, 6.45) is 0. The van der Waals surface area contributed by atoms with Crippen molar-refractivity contribution >= 4 is 11.9 Å². The van der Waals surface area contributed by atoms with Crippen LogP contribution in [-0.4, -0.2) is 32.4 Å². The van der Waals surface area contributed by atoms with Crippen molar-refractivity contribution in [1.29, 1.82) is 0 Å². The van der Waals surface area contributed by atoms with Crippen LogP contribution in [0.4, 0.5) is 0 Å². The summed E-state index contributed by atoms with van der Waals surface area (Å²) >= 11 is 0. The minimum Gasteiger partial charge on any atom is -0.507 e. The molecule has 0 saturated carbocycles. The molecule has 0 heterocycles. The molecular formula is C24H30O6. The summed E-state index contributed by atoms with van der Waals surface area (Å²) in [7, 11) is 0. The van der Waals surface area contributed by atoms with E-state index in [9.17, 15) is 19.8 Å². The number of carboxylic acids is 2. The molecule has 0 unspecified atom stereocenters. The van der Waals surface area contributed by atoms with E-state index in [1.54, 1.807) is 12.1 Å². The number of aliphatic carboxylic acids is 2. The second-order valence-corrected chi connectivity index (χ2v) is 6.91. The van der Waals surface area contributed by atoms with E-state index >= 15 is 0 Å². The van der Waals surface area contributed by atoms with Gasteiger partial charge in [-0.3, -0.25) is 0 Å². The van der Waals surface area contributed by atoms with Gasteiger partial charge in [0.05, 0.1) is 0 Å². The molecular weight excluding hydrogens is 384 g/mol. The minimum atomic E-state index is -0.935. The average Bonchev–Trinajstić information content (AvgIpc) is 2.67. The van der Waals surface area contributed by atoms with E-state index in [0.717, 1.165) is 27.8 Å². The van der Waals surface area contributed by atoms with Gasteiger partial charge in [-0.1, -0.05) is 31.4 Å². The minimum absolute atomic E-state index is 0.176. The van der Waals surface area contributed by atoms with Gasteiger partial charge < -0.3 is 20.4 Å². The van der Waals surface area contributed by atoms with E-state index in [1.165, 1.54) is 13.8 Å². The number of para-hydroxylation sites is 1. The average molecular weight is 414 g/mol. The Kier molecular flexibility index (Phi) is 10.1. The van der Waals surface area contributed by atoms with Crippen LogP contribution >= 0.6 is 0 Å². The van der Waals surface area contributed by atoms with Crippen LogP contribution in [0.15, 0.2) is 48.6 Å². The Morgan fingerprint density at radius 2 is 1.10 bits per heavy atom. The first-order chi connectivity index (χ1) is 13.7. The molecule has 2 aromatic rings. The zero-order valence-corrected chi connectivity index (χ0v) is 18.3. The maximum absolute atomic E-state index is 10.4. The Balaban J connectivity index is 0.000000580. The van der Waals surface area contributed by atoms with Gasteiger partial charge in [-0.05, 0) is 69.9 Å². The summed E-state index contributed by atoms with van der Waals surface area (Å²) in [6.45, 7) is 17.1. The number of rotatable bonds is 3. The third-order valence-corrected chi connectivity index (χ3v) is 4.56. The molecule has 0 radical (unpaired) electrons. The van der Waals surface area contributed by atoms with Crippen molar-refractivity contribution < 1.29 is 30.0 Å². The first-order valence-electron chi connectivity index (χ1n) is 9.09. The maximum Gasteiger partial charge on any atom is 0.330 e. The Labute approximate surface area is 177 Å². The number of aromatic hydroxyl groups is 2. The molecule has 162 valence electrons. The molecule has 0 fully saturated rings. The van der Waals surface area contributed by atoms with Gasteiger partial charge in [0.25, 0.3) is 0 Å². The summed E-state index contributed by atoms with van der Waals surface area (Å²) in [4.78, 5) is 19.2. The lowest BCUT2D eigenvalue weighted by Gasteiger charge is -2.18. The molecule has 0 saturated heterocycles. The van der Waals surface area contributed by atoms with Crippen molar-refractivity contribution in [3.63, 3.8) is 0 Å². The van der Waals surface area contributed by atoms with E-state index in [-0.39, 0.29) is 22.6 Å². The third-order valence-electron chi connectivity index (χ3n) is 4.56. The summed E-state index contributed by atoms with van der Waals surface area (Å²) in [5, 5.41) is 36.1. The van der Waals surface area contributed by atoms with Gasteiger partial charge in [0.1, 0.15) is 11.5 Å². The van der Waals surface area contributed by atoms with Crippen LogP contribution in [0, 0.1) is 27.7 Å². The second-order valence-electron chi connectivity index (χ2n) is 6.91. The lowest BCUT2D eigenvalue weighted by atomic mass is 9.89. The van der Waals surface area contributed by atoms with Gasteiger partial charge >= 0.3 is 11.9 Å². The predicted octanol–water partition coefficient (Wildman–Crippen LogP) is 5.29. The van der Waals surface area contributed by atoms with Crippen molar-refractivity contribution in [2.75, 3.05) is 0 Å². The van der Waals surface area contributed by atoms with Crippen molar-refractivity contribution in [2.24, 2.45) is 0 Å². The summed E-state index contributed by atoms with van der Waals surface area (Å²) in [5.74, 6) is -1.42. The Hall–Kier alpha value is -3.54. The van der Waals surface area contributed by atoms with Crippen molar-refractivity contribution in [3.05, 3.63) is 70.8 Å². The highest BCUT2D eigenvalue weighted by molar-refractivity contribution is 5.85. The zero-order chi connectivity index (χ0) is 23.8. The van der Waals surface area contributed by atoms with Crippen LogP contribution in [-0.2, 0) is 9.59 Å². The van der Waals surface area contributed by atoms with Gasteiger partial charge in [0.15, 0.2) is 0 Å². The fourth-order valence-electron chi connectivity index (χ4n) is 2.31. The molecule has 0 spiro atoms. The van der Waals surface area contributed by atoms with Gasteiger partial charge in [-0.2, -0.15) is 0 Å². The largest absolute Gasteiger partial charge is 0.507 e. The lowest BCUT2D eigenvalue weighted by molar-refractivity contribution is -0.133. The molecule has 0 aliphatic carbocycles. The number of phenols is 2. The smallest absolute Gasteiger partial charge is 0.330 e. The fourth-order valence-corrected chi connectivity index (χ4v) is 2.31. The topological polar surface area (TPSA) is 115 Å². The van der Waals surface area contributed by atoms with Crippen LogP contribution in [0.2, 0.25) is 0 Å². The van der Waals surface area contributed by atoms with Gasteiger partial charge in [0.2, 0.25) is 0 Å². The van der Waals surface area contributed by atoms with Crippen molar-refractivity contribution in [1.82, 2.24) is 0 Å². The molecule has 2 rings (SSSR count). The number of phenolic OH excluding ortho intramolecular Hbond substituents is 2. The van der Waals surface area contributed by atoms with Crippen LogP contribution in [0.1, 0.15) is 36.1 Å². The van der Waals surface area contributed by atoms with E-state index in [2.05, 4.69) is 13.2 Å². The third kappa shape index (κ3) is 7.13. The summed E-state index contributed by atoms with van der Waals surface area (Å²) < 4.78 is 0.